The topological polar surface area (TPSA) is 76.4 Å². The highest BCUT2D eigenvalue weighted by Gasteiger charge is 2.55. The van der Waals surface area contributed by atoms with Gasteiger partial charge in [0.05, 0.1) is 11.6 Å². The number of nitrogens with one attached hydrogen (secondary N) is 1. The number of amides is 3. The summed E-state index contributed by atoms with van der Waals surface area (Å²) in [6.07, 6.45) is 3.92. The molecule has 1 spiro atoms. The smallest absolute Gasteiger partial charge is 0.319 e. The van der Waals surface area contributed by atoms with Gasteiger partial charge in [-0.1, -0.05) is 18.2 Å². The van der Waals surface area contributed by atoms with E-state index in [2.05, 4.69) is 28.4 Å². The third-order valence-electron chi connectivity index (χ3n) is 7.43. The van der Waals surface area contributed by atoms with Crippen LogP contribution < -0.4 is 5.32 Å². The lowest BCUT2D eigenvalue weighted by Gasteiger charge is -2.32. The summed E-state index contributed by atoms with van der Waals surface area (Å²) in [6.45, 7) is 3.19. The molecular formula is C26H27FN4O2. The van der Waals surface area contributed by atoms with Gasteiger partial charge in [-0.3, -0.25) is 9.69 Å². The van der Waals surface area contributed by atoms with E-state index < -0.39 is 5.54 Å². The van der Waals surface area contributed by atoms with Crippen molar-refractivity contribution in [3.05, 3.63) is 70.5 Å². The van der Waals surface area contributed by atoms with Gasteiger partial charge in [0.2, 0.25) is 0 Å². The Bertz CT molecular complexity index is 1120. The number of aryl methyl sites for hydroxylation is 1. The highest BCUT2D eigenvalue weighted by atomic mass is 19.1. The standard InChI is InChI=1S/C26H27FN4O2/c27-22-6-7-23-21(16-22)8-11-26(23)24(32)31(25(33)29-26)13-1-12-30-14-9-20(10-15-30)19-4-2-18(17-28)3-5-19/h2-7,16,20H,1,8-15H2,(H,29,33). The molecular weight excluding hydrogens is 419 g/mol. The summed E-state index contributed by atoms with van der Waals surface area (Å²) in [4.78, 5) is 29.6. The van der Waals surface area contributed by atoms with Crippen LogP contribution >= 0.6 is 0 Å². The lowest BCUT2D eigenvalue weighted by Crippen LogP contribution is -2.42. The first-order chi connectivity index (χ1) is 16.0. The number of hydrogen-bond acceptors (Lipinski definition) is 4. The van der Waals surface area contributed by atoms with E-state index in [1.807, 2.05) is 12.1 Å². The number of imide groups is 1. The molecule has 0 bridgehead atoms. The van der Waals surface area contributed by atoms with Gasteiger partial charge in [-0.15, -0.1) is 0 Å². The lowest BCUT2D eigenvalue weighted by molar-refractivity contribution is -0.131. The van der Waals surface area contributed by atoms with Gasteiger partial charge in [0.1, 0.15) is 11.4 Å². The van der Waals surface area contributed by atoms with Crippen molar-refractivity contribution in [1.29, 1.82) is 5.26 Å². The van der Waals surface area contributed by atoms with Crippen LogP contribution in [0.5, 0.6) is 0 Å². The molecule has 2 aromatic rings. The Morgan fingerprint density at radius 1 is 1.09 bits per heavy atom. The predicted molar refractivity (Wildman–Crippen MR) is 121 cm³/mol. The summed E-state index contributed by atoms with van der Waals surface area (Å²) < 4.78 is 13.6. The Morgan fingerprint density at radius 3 is 2.58 bits per heavy atom. The maximum Gasteiger partial charge on any atom is 0.325 e. The number of rotatable bonds is 5. The van der Waals surface area contributed by atoms with Gasteiger partial charge in [-0.2, -0.15) is 5.26 Å². The van der Waals surface area contributed by atoms with Crippen molar-refractivity contribution in [2.45, 2.75) is 43.6 Å². The van der Waals surface area contributed by atoms with E-state index in [-0.39, 0.29) is 17.8 Å². The number of carbonyl (C=O) groups is 2. The second-order valence-electron chi connectivity index (χ2n) is 9.30. The third kappa shape index (κ3) is 3.89. The van der Waals surface area contributed by atoms with Crippen LogP contribution in [-0.2, 0) is 16.8 Å². The van der Waals surface area contributed by atoms with E-state index >= 15 is 0 Å². The molecule has 33 heavy (non-hydrogen) atoms. The third-order valence-corrected chi connectivity index (χ3v) is 7.43. The highest BCUT2D eigenvalue weighted by Crippen LogP contribution is 2.41. The second kappa shape index (κ2) is 8.60. The van der Waals surface area contributed by atoms with Crippen LogP contribution in [0.15, 0.2) is 42.5 Å². The summed E-state index contributed by atoms with van der Waals surface area (Å²) in [5.41, 5.74) is 2.48. The number of nitriles is 1. The number of likely N-dealkylation sites (tertiary alicyclic amines) is 1. The maximum absolute atomic E-state index is 13.6. The number of urea groups is 1. The normalized spacial score (nSPS) is 23.1. The summed E-state index contributed by atoms with van der Waals surface area (Å²) in [5, 5.41) is 11.9. The van der Waals surface area contributed by atoms with Crippen molar-refractivity contribution < 1.29 is 14.0 Å². The fourth-order valence-corrected chi connectivity index (χ4v) is 5.60. The Morgan fingerprint density at radius 2 is 1.85 bits per heavy atom. The Labute approximate surface area is 193 Å². The molecule has 0 aromatic heterocycles. The molecule has 1 unspecified atom stereocenters. The molecule has 0 radical (unpaired) electrons. The molecule has 170 valence electrons. The Hall–Kier alpha value is -3.24. The van der Waals surface area contributed by atoms with Crippen molar-refractivity contribution in [3.63, 3.8) is 0 Å². The predicted octanol–water partition coefficient (Wildman–Crippen LogP) is 3.66. The highest BCUT2D eigenvalue weighted by molar-refractivity contribution is 6.08. The minimum Gasteiger partial charge on any atom is -0.319 e. The zero-order valence-corrected chi connectivity index (χ0v) is 18.5. The van der Waals surface area contributed by atoms with Gasteiger partial charge >= 0.3 is 6.03 Å². The van der Waals surface area contributed by atoms with Crippen molar-refractivity contribution in [2.75, 3.05) is 26.2 Å². The zero-order chi connectivity index (χ0) is 23.0. The molecule has 1 aliphatic carbocycles. The number of fused-ring (bicyclic) bond motifs is 2. The molecule has 6 nitrogen and oxygen atoms in total. The van der Waals surface area contributed by atoms with Gasteiger partial charge in [0.15, 0.2) is 0 Å². The molecule has 1 atom stereocenters. The van der Waals surface area contributed by atoms with Crippen molar-refractivity contribution in [1.82, 2.24) is 15.1 Å². The molecule has 2 aliphatic heterocycles. The molecule has 3 aliphatic rings. The first kappa shape index (κ1) is 21.6. The fraction of sp³-hybridized carbons (Fsp3) is 0.423. The van der Waals surface area contributed by atoms with Gasteiger partial charge in [-0.05, 0) is 98.6 Å². The minimum absolute atomic E-state index is 0.211. The van der Waals surface area contributed by atoms with Gasteiger partial charge in [0.25, 0.3) is 5.91 Å². The number of halogens is 1. The lowest BCUT2D eigenvalue weighted by atomic mass is 9.89. The monoisotopic (exact) mass is 446 g/mol. The van der Waals surface area contributed by atoms with Gasteiger partial charge in [-0.25, -0.2) is 9.18 Å². The van der Waals surface area contributed by atoms with Crippen LogP contribution in [0.25, 0.3) is 0 Å². The summed E-state index contributed by atoms with van der Waals surface area (Å²) in [6, 6.07) is 14.1. The quantitative estimate of drug-likeness (QED) is 0.712. The van der Waals surface area contributed by atoms with Crippen LogP contribution in [0.4, 0.5) is 9.18 Å². The van der Waals surface area contributed by atoms with Crippen molar-refractivity contribution in [2.24, 2.45) is 0 Å². The van der Waals surface area contributed by atoms with E-state index in [0.717, 1.165) is 50.0 Å². The van der Waals surface area contributed by atoms with E-state index in [9.17, 15) is 14.0 Å². The summed E-state index contributed by atoms with van der Waals surface area (Å²) >= 11 is 0. The van der Waals surface area contributed by atoms with E-state index in [1.54, 1.807) is 6.07 Å². The largest absolute Gasteiger partial charge is 0.325 e. The Kier molecular flexibility index (Phi) is 5.63. The molecule has 2 fully saturated rings. The van der Waals surface area contributed by atoms with Gasteiger partial charge < -0.3 is 10.2 Å². The Balaban J connectivity index is 1.14. The SMILES string of the molecule is N#Cc1ccc(C2CCN(CCCN3C(=O)NC4(CCc5cc(F)ccc54)C3=O)CC2)cc1. The zero-order valence-electron chi connectivity index (χ0n) is 18.5. The summed E-state index contributed by atoms with van der Waals surface area (Å²) in [7, 11) is 0. The van der Waals surface area contributed by atoms with E-state index in [4.69, 9.17) is 5.26 Å². The average molecular weight is 447 g/mol. The van der Waals surface area contributed by atoms with Crippen LogP contribution in [-0.4, -0.2) is 47.9 Å². The molecule has 2 saturated heterocycles. The number of piperidine rings is 1. The first-order valence-electron chi connectivity index (χ1n) is 11.7. The number of hydrogen-bond donors (Lipinski definition) is 1. The maximum atomic E-state index is 13.6. The van der Waals surface area contributed by atoms with E-state index in [0.29, 0.717) is 30.9 Å². The average Bonchev–Trinajstić information content (AvgIpc) is 3.31. The van der Waals surface area contributed by atoms with Crippen LogP contribution in [0.2, 0.25) is 0 Å². The molecule has 5 rings (SSSR count). The summed E-state index contributed by atoms with van der Waals surface area (Å²) in [5.74, 6) is -0.0215. The number of nitrogens with zero attached hydrogens (tertiary/aromatic N) is 3. The number of benzene rings is 2. The van der Waals surface area contributed by atoms with Crippen LogP contribution in [0, 0.1) is 17.1 Å². The minimum atomic E-state index is -1.03. The van der Waals surface area contributed by atoms with Gasteiger partial charge in [0, 0.05) is 6.54 Å². The van der Waals surface area contributed by atoms with Crippen molar-refractivity contribution in [3.8, 4) is 6.07 Å². The van der Waals surface area contributed by atoms with E-state index in [1.165, 1.54) is 22.6 Å². The van der Waals surface area contributed by atoms with Crippen LogP contribution in [0.3, 0.4) is 0 Å². The first-order valence-corrected chi connectivity index (χ1v) is 11.7. The van der Waals surface area contributed by atoms with Crippen molar-refractivity contribution >= 4 is 11.9 Å². The molecule has 0 saturated carbocycles. The fourth-order valence-electron chi connectivity index (χ4n) is 5.60. The number of carbonyl (C=O) groups excluding carboxylic acids is 2. The van der Waals surface area contributed by atoms with Crippen LogP contribution in [0.1, 0.15) is 53.9 Å². The second-order valence-corrected chi connectivity index (χ2v) is 9.30. The molecule has 2 aromatic carbocycles. The molecule has 1 N–H and O–H groups in total. The molecule has 2 heterocycles. The molecule has 7 heteroatoms. The molecule has 3 amide bonds.